The third-order valence-corrected chi connectivity index (χ3v) is 3.92. The highest BCUT2D eigenvalue weighted by Crippen LogP contribution is 2.41. The van der Waals surface area contributed by atoms with Crippen LogP contribution in [-0.2, 0) is 14.4 Å². The zero-order valence-corrected chi connectivity index (χ0v) is 8.72. The number of rotatable bonds is 0. The number of carbonyl (C=O) groups excluding carboxylic acids is 3. The Morgan fingerprint density at radius 2 is 1.21 bits per heavy atom. The number of alkyl halides is 2. The molecule has 5 heteroatoms. The van der Waals surface area contributed by atoms with Crippen molar-refractivity contribution in [1.29, 1.82) is 0 Å². The molecular weight excluding hydrogens is 227 g/mol. The molecule has 0 heterocycles. The monoisotopic (exact) mass is 234 g/mol. The quantitative estimate of drug-likeness (QED) is 0.464. The average molecular weight is 235 g/mol. The molecule has 0 amide bonds. The number of ketones is 3. The molecule has 4 atom stereocenters. The van der Waals surface area contributed by atoms with E-state index in [1.165, 1.54) is 0 Å². The van der Waals surface area contributed by atoms with Gasteiger partial charge < -0.3 is 0 Å². The van der Waals surface area contributed by atoms with Crippen LogP contribution in [-0.4, -0.2) is 28.1 Å². The number of halogens is 2. The lowest BCUT2D eigenvalue weighted by molar-refractivity contribution is -0.141. The van der Waals surface area contributed by atoms with Gasteiger partial charge in [-0.2, -0.15) is 0 Å². The molecule has 0 aromatic carbocycles. The molecule has 0 aliphatic heterocycles. The van der Waals surface area contributed by atoms with Crippen molar-refractivity contribution >= 4 is 40.6 Å². The van der Waals surface area contributed by atoms with E-state index < -0.39 is 39.9 Å². The first-order chi connectivity index (χ1) is 6.54. The van der Waals surface area contributed by atoms with Crippen molar-refractivity contribution in [3.63, 3.8) is 0 Å². The molecule has 2 aliphatic rings. The van der Waals surface area contributed by atoms with E-state index in [0.29, 0.717) is 12.8 Å². The van der Waals surface area contributed by atoms with Crippen LogP contribution in [0.15, 0.2) is 0 Å². The molecule has 0 aromatic rings. The summed E-state index contributed by atoms with van der Waals surface area (Å²) in [4.78, 5) is 33.9. The predicted molar refractivity (Wildman–Crippen MR) is 50.5 cm³/mol. The van der Waals surface area contributed by atoms with Crippen molar-refractivity contribution in [1.82, 2.24) is 0 Å². The summed E-state index contributed by atoms with van der Waals surface area (Å²) < 4.78 is 0. The number of carbonyl (C=O) groups is 3. The van der Waals surface area contributed by atoms with Gasteiger partial charge in [0.2, 0.25) is 11.6 Å². The lowest BCUT2D eigenvalue weighted by Crippen LogP contribution is -2.37. The predicted octanol–water partition coefficient (Wildman–Crippen LogP) is 0.948. The van der Waals surface area contributed by atoms with Crippen LogP contribution in [0.3, 0.4) is 0 Å². The van der Waals surface area contributed by atoms with Crippen molar-refractivity contribution < 1.29 is 14.4 Å². The van der Waals surface area contributed by atoms with Crippen LogP contribution in [0.25, 0.3) is 0 Å². The molecule has 2 rings (SSSR count). The van der Waals surface area contributed by atoms with E-state index >= 15 is 0 Å². The molecule has 2 fully saturated rings. The fourth-order valence-electron chi connectivity index (χ4n) is 2.21. The van der Waals surface area contributed by atoms with Gasteiger partial charge in [0.15, 0.2) is 0 Å². The van der Waals surface area contributed by atoms with E-state index in [9.17, 15) is 14.4 Å². The third kappa shape index (κ3) is 1.22. The van der Waals surface area contributed by atoms with Crippen LogP contribution in [0.1, 0.15) is 12.8 Å². The van der Waals surface area contributed by atoms with Crippen molar-refractivity contribution in [2.24, 2.45) is 11.8 Å². The minimum Gasteiger partial charge on any atom is -0.290 e. The minimum atomic E-state index is -0.918. The summed E-state index contributed by atoms with van der Waals surface area (Å²) in [7, 11) is 0. The molecule has 4 unspecified atom stereocenters. The van der Waals surface area contributed by atoms with E-state index in [4.69, 9.17) is 23.2 Å². The topological polar surface area (TPSA) is 51.2 Å². The molecule has 2 saturated carbocycles. The van der Waals surface area contributed by atoms with Crippen molar-refractivity contribution in [3.8, 4) is 0 Å². The highest BCUT2D eigenvalue weighted by atomic mass is 35.5. The molecule has 0 N–H and O–H groups in total. The molecule has 0 radical (unpaired) electrons. The van der Waals surface area contributed by atoms with Crippen LogP contribution in [0.5, 0.6) is 0 Å². The van der Waals surface area contributed by atoms with E-state index in [0.717, 1.165) is 0 Å². The Morgan fingerprint density at radius 1 is 0.857 bits per heavy atom. The maximum absolute atomic E-state index is 11.4. The molecule has 0 aromatic heterocycles. The van der Waals surface area contributed by atoms with Gasteiger partial charge in [-0.05, 0) is 12.8 Å². The van der Waals surface area contributed by atoms with Gasteiger partial charge in [-0.3, -0.25) is 14.4 Å². The van der Waals surface area contributed by atoms with Gasteiger partial charge in [0.1, 0.15) is 0 Å². The Kier molecular flexibility index (Phi) is 2.40. The summed E-state index contributed by atoms with van der Waals surface area (Å²) in [5, 5.41) is -0.837. The number of hydrogen-bond acceptors (Lipinski definition) is 3. The SMILES string of the molecule is O=C1C(=O)C2C(Cl)CCC(Cl)C2C1=O. The fraction of sp³-hybridized carbons (Fsp3) is 0.667. The van der Waals surface area contributed by atoms with Crippen LogP contribution in [0.2, 0.25) is 0 Å². The lowest BCUT2D eigenvalue weighted by atomic mass is 9.80. The van der Waals surface area contributed by atoms with Crippen LogP contribution >= 0.6 is 23.2 Å². The summed E-state index contributed by atoms with van der Waals surface area (Å²) >= 11 is 11.8. The van der Waals surface area contributed by atoms with Gasteiger partial charge in [-0.1, -0.05) is 0 Å². The van der Waals surface area contributed by atoms with Gasteiger partial charge in [0.25, 0.3) is 5.78 Å². The zero-order valence-electron chi connectivity index (χ0n) is 7.20. The largest absolute Gasteiger partial charge is 0.290 e. The summed E-state index contributed by atoms with van der Waals surface area (Å²) in [6, 6.07) is 0. The summed E-state index contributed by atoms with van der Waals surface area (Å²) in [6.45, 7) is 0. The Bertz CT molecular complexity index is 296. The van der Waals surface area contributed by atoms with Gasteiger partial charge in [-0.15, -0.1) is 23.2 Å². The summed E-state index contributed by atoms with van der Waals surface area (Å²) in [6.07, 6.45) is 1.17. The molecule has 2 aliphatic carbocycles. The molecular formula is C9H8Cl2O3. The number of Topliss-reactive ketones (excluding diaryl/α,β-unsaturated/α-hetero) is 3. The molecule has 0 spiro atoms. The van der Waals surface area contributed by atoms with Crippen molar-refractivity contribution in [2.45, 2.75) is 23.6 Å². The second kappa shape index (κ2) is 3.31. The van der Waals surface area contributed by atoms with Crippen molar-refractivity contribution in [3.05, 3.63) is 0 Å². The van der Waals surface area contributed by atoms with Gasteiger partial charge in [0, 0.05) is 10.8 Å². The van der Waals surface area contributed by atoms with E-state index in [1.54, 1.807) is 0 Å². The molecule has 76 valence electrons. The Balaban J connectivity index is 2.39. The van der Waals surface area contributed by atoms with Crippen LogP contribution < -0.4 is 0 Å². The molecule has 3 nitrogen and oxygen atoms in total. The van der Waals surface area contributed by atoms with Crippen LogP contribution in [0, 0.1) is 11.8 Å². The Labute approximate surface area is 90.7 Å². The molecule has 0 bridgehead atoms. The fourth-order valence-corrected chi connectivity index (χ4v) is 3.00. The first kappa shape index (κ1) is 10.1. The van der Waals surface area contributed by atoms with Gasteiger partial charge >= 0.3 is 0 Å². The maximum Gasteiger partial charge on any atom is 0.264 e. The standard InChI is InChI=1S/C9H8Cl2O3/c10-3-1-2-4(11)6-5(3)7(12)9(14)8(6)13/h3-6H,1-2H2. The number of fused-ring (bicyclic) bond motifs is 1. The first-order valence-electron chi connectivity index (χ1n) is 4.44. The highest BCUT2D eigenvalue weighted by Gasteiger charge is 2.56. The highest BCUT2D eigenvalue weighted by molar-refractivity contribution is 6.69. The van der Waals surface area contributed by atoms with Gasteiger partial charge in [0.05, 0.1) is 11.8 Å². The molecule has 0 saturated heterocycles. The lowest BCUT2D eigenvalue weighted by Gasteiger charge is -2.30. The maximum atomic E-state index is 11.4. The van der Waals surface area contributed by atoms with E-state index in [1.807, 2.05) is 0 Å². The number of hydrogen-bond donors (Lipinski definition) is 0. The second-order valence-electron chi connectivity index (χ2n) is 3.72. The Hall–Kier alpha value is -0.410. The van der Waals surface area contributed by atoms with Crippen LogP contribution in [0.4, 0.5) is 0 Å². The normalized spacial score (nSPS) is 42.9. The third-order valence-electron chi connectivity index (χ3n) is 2.94. The second-order valence-corrected chi connectivity index (χ2v) is 4.84. The van der Waals surface area contributed by atoms with Crippen molar-refractivity contribution in [2.75, 3.05) is 0 Å². The summed E-state index contributed by atoms with van der Waals surface area (Å²) in [5.74, 6) is -3.56. The Morgan fingerprint density at radius 3 is 1.57 bits per heavy atom. The first-order valence-corrected chi connectivity index (χ1v) is 5.32. The van der Waals surface area contributed by atoms with Gasteiger partial charge in [-0.25, -0.2) is 0 Å². The zero-order chi connectivity index (χ0) is 10.5. The molecule has 14 heavy (non-hydrogen) atoms. The average Bonchev–Trinajstić information content (AvgIpc) is 2.38. The van der Waals surface area contributed by atoms with E-state index in [2.05, 4.69) is 0 Å². The summed E-state index contributed by atoms with van der Waals surface area (Å²) in [5.41, 5.74) is 0. The smallest absolute Gasteiger partial charge is 0.264 e. The van der Waals surface area contributed by atoms with E-state index in [-0.39, 0.29) is 0 Å². The minimum absolute atomic E-state index is 0.419.